The minimum absolute atomic E-state index is 0.0738. The number of amides is 2. The highest BCUT2D eigenvalue weighted by Crippen LogP contribution is 2.14. The van der Waals surface area contributed by atoms with Crippen molar-refractivity contribution in [2.24, 2.45) is 0 Å². The van der Waals surface area contributed by atoms with Gasteiger partial charge in [0.05, 0.1) is 24.9 Å². The van der Waals surface area contributed by atoms with Crippen LogP contribution >= 0.6 is 0 Å². The Morgan fingerprint density at radius 2 is 2.00 bits per heavy atom. The molecule has 1 saturated heterocycles. The molecule has 1 fully saturated rings. The van der Waals surface area contributed by atoms with Gasteiger partial charge in [0.25, 0.3) is 0 Å². The van der Waals surface area contributed by atoms with Crippen LogP contribution in [0.15, 0.2) is 30.3 Å². The number of nitrogens with zero attached hydrogens (tertiary/aromatic N) is 1. The summed E-state index contributed by atoms with van der Waals surface area (Å²) in [4.78, 5) is 17.3. The number of urea groups is 1. The Bertz CT molecular complexity index is 442. The maximum atomic E-state index is 11.7. The van der Waals surface area contributed by atoms with Gasteiger partial charge in [0.15, 0.2) is 0 Å². The molecule has 1 aliphatic rings. The summed E-state index contributed by atoms with van der Waals surface area (Å²) in [5.74, 6) is 0. The Kier molecular flexibility index (Phi) is 4.62. The smallest absolute Gasteiger partial charge is 0.341 e. The Morgan fingerprint density at radius 1 is 1.30 bits per heavy atom. The van der Waals surface area contributed by atoms with E-state index >= 15 is 0 Å². The van der Waals surface area contributed by atoms with Crippen LogP contribution in [0.4, 0.5) is 4.79 Å². The van der Waals surface area contributed by atoms with Crippen molar-refractivity contribution in [3.63, 3.8) is 0 Å². The minimum Gasteiger partial charge on any atom is -0.370 e. The molecular weight excluding hydrogens is 256 g/mol. The van der Waals surface area contributed by atoms with E-state index in [-0.39, 0.29) is 12.1 Å². The second-order valence-corrected chi connectivity index (χ2v) is 5.87. The van der Waals surface area contributed by atoms with E-state index < -0.39 is 5.60 Å². The lowest BCUT2D eigenvalue weighted by atomic mass is 10.2. The minimum atomic E-state index is -0.404. The number of rotatable bonds is 4. The maximum Gasteiger partial charge on any atom is 0.341 e. The first-order valence-electron chi connectivity index (χ1n) is 6.84. The zero-order valence-corrected chi connectivity index (χ0v) is 12.3. The monoisotopic (exact) mass is 278 g/mol. The fourth-order valence-electron chi connectivity index (χ4n) is 1.93. The van der Waals surface area contributed by atoms with Crippen LogP contribution in [0.1, 0.15) is 26.3 Å². The molecule has 0 radical (unpaired) electrons. The molecular formula is C15H22N2O3. The van der Waals surface area contributed by atoms with Crippen molar-refractivity contribution in [2.75, 3.05) is 13.1 Å². The van der Waals surface area contributed by atoms with Gasteiger partial charge in [0, 0.05) is 6.54 Å². The fraction of sp³-hybridized carbons (Fsp3) is 0.533. The average molecular weight is 278 g/mol. The van der Waals surface area contributed by atoms with Crippen molar-refractivity contribution in [3.8, 4) is 0 Å². The summed E-state index contributed by atoms with van der Waals surface area (Å²) in [5.41, 5.74) is 0.714. The number of nitrogens with one attached hydrogen (secondary N) is 1. The van der Waals surface area contributed by atoms with Gasteiger partial charge < -0.3 is 10.1 Å². The molecule has 0 spiro atoms. The molecule has 0 aromatic heterocycles. The summed E-state index contributed by atoms with van der Waals surface area (Å²) in [7, 11) is 0. The second kappa shape index (κ2) is 6.24. The lowest BCUT2D eigenvalue weighted by Crippen LogP contribution is -2.55. The van der Waals surface area contributed by atoms with Crippen LogP contribution in [-0.2, 0) is 16.2 Å². The highest BCUT2D eigenvalue weighted by Gasteiger charge is 2.29. The number of hydroxylamine groups is 2. The van der Waals surface area contributed by atoms with E-state index in [1.165, 1.54) is 5.06 Å². The Balaban J connectivity index is 1.86. The molecule has 20 heavy (non-hydrogen) atoms. The zero-order valence-electron chi connectivity index (χ0n) is 12.3. The maximum absolute atomic E-state index is 11.7. The highest BCUT2D eigenvalue weighted by atomic mass is 16.7. The topological polar surface area (TPSA) is 50.8 Å². The SMILES string of the molecule is CC(C)(C)ON1C[C@@H](OCc2ccccc2)CNC1=O. The third-order valence-corrected chi connectivity index (χ3v) is 2.79. The van der Waals surface area contributed by atoms with Gasteiger partial charge in [-0.15, -0.1) is 0 Å². The molecule has 5 heteroatoms. The molecule has 1 aliphatic heterocycles. The van der Waals surface area contributed by atoms with E-state index in [1.807, 2.05) is 51.1 Å². The summed E-state index contributed by atoms with van der Waals surface area (Å²) < 4.78 is 5.83. The summed E-state index contributed by atoms with van der Waals surface area (Å²) in [6.45, 7) is 7.22. The van der Waals surface area contributed by atoms with E-state index in [1.54, 1.807) is 0 Å². The van der Waals surface area contributed by atoms with Crippen LogP contribution in [-0.4, -0.2) is 35.9 Å². The Morgan fingerprint density at radius 3 is 2.65 bits per heavy atom. The normalized spacial score (nSPS) is 19.9. The first kappa shape index (κ1) is 14.8. The number of hydrogen-bond donors (Lipinski definition) is 1. The van der Waals surface area contributed by atoms with Crippen LogP contribution in [0, 0.1) is 0 Å². The largest absolute Gasteiger partial charge is 0.370 e. The highest BCUT2D eigenvalue weighted by molar-refractivity contribution is 5.73. The molecule has 0 bridgehead atoms. The van der Waals surface area contributed by atoms with E-state index in [4.69, 9.17) is 9.57 Å². The average Bonchev–Trinajstić information content (AvgIpc) is 2.39. The lowest BCUT2D eigenvalue weighted by Gasteiger charge is -2.36. The van der Waals surface area contributed by atoms with Gasteiger partial charge in [-0.2, -0.15) is 0 Å². The van der Waals surface area contributed by atoms with Gasteiger partial charge >= 0.3 is 6.03 Å². The molecule has 0 aliphatic carbocycles. The predicted molar refractivity (Wildman–Crippen MR) is 76.0 cm³/mol. The number of carbonyl (C=O) groups is 1. The predicted octanol–water partition coefficient (Wildman–Crippen LogP) is 2.33. The molecule has 1 atom stereocenters. The first-order valence-corrected chi connectivity index (χ1v) is 6.84. The fourth-order valence-corrected chi connectivity index (χ4v) is 1.93. The first-order chi connectivity index (χ1) is 9.44. The molecule has 1 N–H and O–H groups in total. The molecule has 1 aromatic rings. The number of benzene rings is 1. The van der Waals surface area contributed by atoms with Crippen LogP contribution in [0.2, 0.25) is 0 Å². The van der Waals surface area contributed by atoms with Gasteiger partial charge in [-0.3, -0.25) is 4.84 Å². The van der Waals surface area contributed by atoms with E-state index in [2.05, 4.69) is 5.32 Å². The van der Waals surface area contributed by atoms with Crippen LogP contribution in [0.5, 0.6) is 0 Å². The van der Waals surface area contributed by atoms with Gasteiger partial charge in [0.2, 0.25) is 0 Å². The van der Waals surface area contributed by atoms with E-state index in [0.29, 0.717) is 19.7 Å². The Hall–Kier alpha value is -1.59. The summed E-state index contributed by atoms with van der Waals surface area (Å²) in [6.07, 6.45) is -0.0738. The van der Waals surface area contributed by atoms with Crippen LogP contribution < -0.4 is 5.32 Å². The summed E-state index contributed by atoms with van der Waals surface area (Å²) in [6, 6.07) is 9.77. The summed E-state index contributed by atoms with van der Waals surface area (Å²) >= 11 is 0. The lowest BCUT2D eigenvalue weighted by molar-refractivity contribution is -0.212. The van der Waals surface area contributed by atoms with Crippen LogP contribution in [0.3, 0.4) is 0 Å². The van der Waals surface area contributed by atoms with Crippen molar-refractivity contribution in [1.29, 1.82) is 0 Å². The molecule has 110 valence electrons. The van der Waals surface area contributed by atoms with Crippen molar-refractivity contribution in [2.45, 2.75) is 39.1 Å². The van der Waals surface area contributed by atoms with Gasteiger partial charge in [-0.25, -0.2) is 9.86 Å². The van der Waals surface area contributed by atoms with Crippen molar-refractivity contribution in [3.05, 3.63) is 35.9 Å². The number of carbonyl (C=O) groups excluding carboxylic acids is 1. The standard InChI is InChI=1S/C15H22N2O3/c1-15(2,3)20-17-10-13(9-16-14(17)18)19-11-12-7-5-4-6-8-12/h4-8,13H,9-11H2,1-3H3,(H,16,18)/t13-/m0/s1. The molecule has 2 rings (SSSR count). The molecule has 0 saturated carbocycles. The van der Waals surface area contributed by atoms with E-state index in [9.17, 15) is 4.79 Å². The third kappa shape index (κ3) is 4.51. The quantitative estimate of drug-likeness (QED) is 0.919. The molecule has 2 amide bonds. The van der Waals surface area contributed by atoms with Gasteiger partial charge in [-0.05, 0) is 26.3 Å². The van der Waals surface area contributed by atoms with Crippen LogP contribution in [0.25, 0.3) is 0 Å². The second-order valence-electron chi connectivity index (χ2n) is 5.87. The summed E-state index contributed by atoms with van der Waals surface area (Å²) in [5, 5.41) is 4.12. The molecule has 1 aromatic carbocycles. The Labute approximate surface area is 119 Å². The van der Waals surface area contributed by atoms with Gasteiger partial charge in [0.1, 0.15) is 0 Å². The number of hydrogen-bond acceptors (Lipinski definition) is 3. The van der Waals surface area contributed by atoms with Crippen molar-refractivity contribution < 1.29 is 14.4 Å². The van der Waals surface area contributed by atoms with Crippen molar-refractivity contribution in [1.82, 2.24) is 10.4 Å². The number of ether oxygens (including phenoxy) is 1. The zero-order chi connectivity index (χ0) is 14.6. The third-order valence-electron chi connectivity index (χ3n) is 2.79. The van der Waals surface area contributed by atoms with E-state index in [0.717, 1.165) is 5.56 Å². The molecule has 1 heterocycles. The van der Waals surface area contributed by atoms with Gasteiger partial charge in [-0.1, -0.05) is 30.3 Å². The van der Waals surface area contributed by atoms with Crippen molar-refractivity contribution >= 4 is 6.03 Å². The molecule has 0 unspecified atom stereocenters. The molecule has 5 nitrogen and oxygen atoms in total.